The highest BCUT2D eigenvalue weighted by molar-refractivity contribution is 5.96. The Bertz CT molecular complexity index is 369. The van der Waals surface area contributed by atoms with Crippen LogP contribution in [0.5, 0.6) is 5.75 Å². The van der Waals surface area contributed by atoms with Gasteiger partial charge < -0.3 is 15.4 Å². The van der Waals surface area contributed by atoms with Gasteiger partial charge in [-0.1, -0.05) is 0 Å². The van der Waals surface area contributed by atoms with Crippen LogP contribution in [0.4, 0.5) is 0 Å². The normalized spacial score (nSPS) is 10.1. The lowest BCUT2D eigenvalue weighted by Gasteiger charge is -2.21. The Kier molecular flexibility index (Phi) is 5.42. The molecule has 1 aromatic rings. The molecule has 2 N–H and O–H groups in total. The van der Waals surface area contributed by atoms with Gasteiger partial charge in [-0.25, -0.2) is 0 Å². The summed E-state index contributed by atoms with van der Waals surface area (Å²) in [7, 11) is 1.53. The summed E-state index contributed by atoms with van der Waals surface area (Å²) in [4.78, 5) is 17.9. The Morgan fingerprint density at radius 3 is 2.94 bits per heavy atom. The Hall–Kier alpha value is -1.62. The van der Waals surface area contributed by atoms with Gasteiger partial charge in [-0.3, -0.25) is 9.78 Å². The molecule has 0 aliphatic carbocycles. The van der Waals surface area contributed by atoms with E-state index in [-0.39, 0.29) is 5.91 Å². The number of aromatic nitrogens is 1. The summed E-state index contributed by atoms with van der Waals surface area (Å²) in [6, 6.07) is 1.67. The smallest absolute Gasteiger partial charge is 0.257 e. The predicted octanol–water partition coefficient (Wildman–Crippen LogP) is 0.901. The number of ether oxygens (including phenoxy) is 1. The fourth-order valence-corrected chi connectivity index (χ4v) is 1.58. The second kappa shape index (κ2) is 6.85. The topological polar surface area (TPSA) is 68.5 Å². The lowest BCUT2D eigenvalue weighted by molar-refractivity contribution is 0.0760. The number of carbonyl (C=O) groups is 1. The maximum absolute atomic E-state index is 12.2. The van der Waals surface area contributed by atoms with Crippen LogP contribution < -0.4 is 10.5 Å². The van der Waals surface area contributed by atoms with Crippen LogP contribution in [-0.4, -0.2) is 42.5 Å². The van der Waals surface area contributed by atoms with Gasteiger partial charge in [0.1, 0.15) is 5.75 Å². The molecule has 5 nitrogen and oxygen atoms in total. The van der Waals surface area contributed by atoms with Crippen LogP contribution in [0.2, 0.25) is 0 Å². The van der Waals surface area contributed by atoms with E-state index in [0.29, 0.717) is 30.9 Å². The second-order valence-electron chi connectivity index (χ2n) is 3.60. The van der Waals surface area contributed by atoms with E-state index in [0.717, 1.165) is 6.42 Å². The van der Waals surface area contributed by atoms with E-state index in [1.165, 1.54) is 7.11 Å². The largest absolute Gasteiger partial charge is 0.494 e. The summed E-state index contributed by atoms with van der Waals surface area (Å²) in [6.45, 7) is 3.85. The number of nitrogens with zero attached hydrogens (tertiary/aromatic N) is 2. The summed E-state index contributed by atoms with van der Waals surface area (Å²) < 4.78 is 5.13. The fourth-order valence-electron chi connectivity index (χ4n) is 1.58. The SMILES string of the molecule is CCN(CCCN)C(=O)c1ccncc1OC. The molecule has 0 unspecified atom stereocenters. The molecule has 0 radical (unpaired) electrons. The molecular formula is C12H19N3O2. The van der Waals surface area contributed by atoms with Gasteiger partial charge in [0, 0.05) is 19.3 Å². The van der Waals surface area contributed by atoms with Gasteiger partial charge in [0.25, 0.3) is 5.91 Å². The van der Waals surface area contributed by atoms with Gasteiger partial charge in [0.05, 0.1) is 18.9 Å². The van der Waals surface area contributed by atoms with Crippen LogP contribution in [0, 0.1) is 0 Å². The monoisotopic (exact) mass is 237 g/mol. The van der Waals surface area contributed by atoms with E-state index in [2.05, 4.69) is 4.98 Å². The molecule has 0 atom stereocenters. The Labute approximate surface area is 102 Å². The molecule has 0 spiro atoms. The summed E-state index contributed by atoms with van der Waals surface area (Å²) in [5.41, 5.74) is 6.00. The quantitative estimate of drug-likeness (QED) is 0.798. The lowest BCUT2D eigenvalue weighted by atomic mass is 10.2. The van der Waals surface area contributed by atoms with Crippen LogP contribution >= 0.6 is 0 Å². The number of carbonyl (C=O) groups excluding carboxylic acids is 1. The van der Waals surface area contributed by atoms with Crippen LogP contribution in [0.1, 0.15) is 23.7 Å². The fraction of sp³-hybridized carbons (Fsp3) is 0.500. The summed E-state index contributed by atoms with van der Waals surface area (Å²) in [5.74, 6) is 0.462. The van der Waals surface area contributed by atoms with E-state index < -0.39 is 0 Å². The van der Waals surface area contributed by atoms with E-state index in [1.54, 1.807) is 23.4 Å². The molecule has 1 aromatic heterocycles. The van der Waals surface area contributed by atoms with Crippen molar-refractivity contribution in [2.24, 2.45) is 5.73 Å². The van der Waals surface area contributed by atoms with Crippen LogP contribution in [-0.2, 0) is 0 Å². The highest BCUT2D eigenvalue weighted by Crippen LogP contribution is 2.17. The molecular weight excluding hydrogens is 218 g/mol. The zero-order chi connectivity index (χ0) is 12.7. The van der Waals surface area contributed by atoms with Crippen molar-refractivity contribution < 1.29 is 9.53 Å². The van der Waals surface area contributed by atoms with E-state index in [9.17, 15) is 4.79 Å². The molecule has 0 saturated carbocycles. The van der Waals surface area contributed by atoms with Crippen molar-refractivity contribution in [2.45, 2.75) is 13.3 Å². The number of amides is 1. The third kappa shape index (κ3) is 3.42. The molecule has 0 aliphatic heterocycles. The first-order valence-corrected chi connectivity index (χ1v) is 5.71. The zero-order valence-electron chi connectivity index (χ0n) is 10.3. The van der Waals surface area contributed by atoms with Crippen molar-refractivity contribution in [1.82, 2.24) is 9.88 Å². The highest BCUT2D eigenvalue weighted by atomic mass is 16.5. The number of hydrogen-bond donors (Lipinski definition) is 1. The summed E-state index contributed by atoms with van der Waals surface area (Å²) >= 11 is 0. The van der Waals surface area contributed by atoms with Crippen molar-refractivity contribution in [2.75, 3.05) is 26.7 Å². The molecule has 94 valence electrons. The molecule has 0 saturated heterocycles. The van der Waals surface area contributed by atoms with Gasteiger partial charge in [0.2, 0.25) is 0 Å². The van der Waals surface area contributed by atoms with Gasteiger partial charge in [-0.15, -0.1) is 0 Å². The average molecular weight is 237 g/mol. The standard InChI is InChI=1S/C12H19N3O2/c1-3-15(8-4-6-13)12(16)10-5-7-14-9-11(10)17-2/h5,7,9H,3-4,6,8,13H2,1-2H3. The maximum atomic E-state index is 12.2. The van der Waals surface area contributed by atoms with Crippen molar-refractivity contribution in [3.05, 3.63) is 24.0 Å². The molecule has 0 aromatic carbocycles. The minimum atomic E-state index is -0.0415. The summed E-state index contributed by atoms with van der Waals surface area (Å²) in [6.07, 6.45) is 3.93. The molecule has 0 bridgehead atoms. The van der Waals surface area contributed by atoms with Crippen molar-refractivity contribution >= 4 is 5.91 Å². The van der Waals surface area contributed by atoms with Crippen molar-refractivity contribution in [3.8, 4) is 5.75 Å². The van der Waals surface area contributed by atoms with E-state index in [4.69, 9.17) is 10.5 Å². The van der Waals surface area contributed by atoms with Crippen molar-refractivity contribution in [1.29, 1.82) is 0 Å². The number of pyridine rings is 1. The number of hydrogen-bond acceptors (Lipinski definition) is 4. The Morgan fingerprint density at radius 1 is 1.59 bits per heavy atom. The molecule has 5 heteroatoms. The third-order valence-electron chi connectivity index (χ3n) is 2.54. The van der Waals surface area contributed by atoms with Gasteiger partial charge in [-0.2, -0.15) is 0 Å². The molecule has 1 amide bonds. The first-order valence-electron chi connectivity index (χ1n) is 5.71. The van der Waals surface area contributed by atoms with E-state index in [1.807, 2.05) is 6.92 Å². The molecule has 17 heavy (non-hydrogen) atoms. The second-order valence-corrected chi connectivity index (χ2v) is 3.60. The molecule has 0 aliphatic rings. The maximum Gasteiger partial charge on any atom is 0.257 e. The number of rotatable bonds is 6. The van der Waals surface area contributed by atoms with Gasteiger partial charge in [-0.05, 0) is 26.0 Å². The molecule has 0 fully saturated rings. The van der Waals surface area contributed by atoms with Crippen LogP contribution in [0.25, 0.3) is 0 Å². The Morgan fingerprint density at radius 2 is 2.35 bits per heavy atom. The minimum Gasteiger partial charge on any atom is -0.494 e. The number of methoxy groups -OCH3 is 1. The predicted molar refractivity (Wildman–Crippen MR) is 66.0 cm³/mol. The third-order valence-corrected chi connectivity index (χ3v) is 2.54. The lowest BCUT2D eigenvalue weighted by Crippen LogP contribution is -2.33. The molecule has 1 rings (SSSR count). The van der Waals surface area contributed by atoms with Crippen LogP contribution in [0.3, 0.4) is 0 Å². The van der Waals surface area contributed by atoms with E-state index >= 15 is 0 Å². The minimum absolute atomic E-state index is 0.0415. The first-order chi connectivity index (χ1) is 8.24. The zero-order valence-corrected chi connectivity index (χ0v) is 10.3. The van der Waals surface area contributed by atoms with Gasteiger partial charge in [0.15, 0.2) is 0 Å². The first kappa shape index (κ1) is 13.4. The van der Waals surface area contributed by atoms with Gasteiger partial charge >= 0.3 is 0 Å². The highest BCUT2D eigenvalue weighted by Gasteiger charge is 2.17. The summed E-state index contributed by atoms with van der Waals surface area (Å²) in [5, 5.41) is 0. The number of nitrogens with two attached hydrogens (primary N) is 1. The van der Waals surface area contributed by atoms with Crippen LogP contribution in [0.15, 0.2) is 18.5 Å². The Balaban J connectivity index is 2.85. The van der Waals surface area contributed by atoms with Crippen molar-refractivity contribution in [3.63, 3.8) is 0 Å². The average Bonchev–Trinajstić information content (AvgIpc) is 2.39. The molecule has 1 heterocycles.